The van der Waals surface area contributed by atoms with Gasteiger partial charge in [0.2, 0.25) is 0 Å². The summed E-state index contributed by atoms with van der Waals surface area (Å²) in [6.45, 7) is 0. The predicted octanol–water partition coefficient (Wildman–Crippen LogP) is 4.22. The molecule has 5 rings (SSSR count). The second-order valence-corrected chi connectivity index (χ2v) is 9.18. The fourth-order valence-corrected chi connectivity index (χ4v) is 4.23. The number of aromatic amines is 1. The first-order valence-electron chi connectivity index (χ1n) is 8.80. The van der Waals surface area contributed by atoms with Gasteiger partial charge in [0.1, 0.15) is 11.3 Å². The fraction of sp³-hybridized carbons (Fsp3) is 0.190. The van der Waals surface area contributed by atoms with Crippen LogP contribution in [-0.4, -0.2) is 19.7 Å². The van der Waals surface area contributed by atoms with Gasteiger partial charge in [-0.25, -0.2) is 8.42 Å². The van der Waals surface area contributed by atoms with Gasteiger partial charge in [-0.1, -0.05) is 18.2 Å². The summed E-state index contributed by atoms with van der Waals surface area (Å²) >= 11 is 0. The van der Waals surface area contributed by atoms with E-state index in [9.17, 15) is 13.2 Å². The van der Waals surface area contributed by atoms with Crippen molar-refractivity contribution in [2.75, 3.05) is 6.26 Å². The summed E-state index contributed by atoms with van der Waals surface area (Å²) in [6, 6.07) is 12.5. The number of rotatable bonds is 3. The molecule has 0 spiro atoms. The molecule has 1 saturated carbocycles. The largest absolute Gasteiger partial charge is 0.460 e. The average molecular weight is 379 g/mol. The average Bonchev–Trinajstić information content (AvgIpc) is 3.40. The highest BCUT2D eigenvalue weighted by molar-refractivity contribution is 7.90. The lowest BCUT2D eigenvalue weighted by atomic mass is 9.99. The number of sulfone groups is 1. The van der Waals surface area contributed by atoms with Gasteiger partial charge in [0.15, 0.2) is 9.84 Å². The molecule has 4 aromatic rings. The van der Waals surface area contributed by atoms with E-state index in [4.69, 9.17) is 4.42 Å². The van der Waals surface area contributed by atoms with Gasteiger partial charge in [-0.05, 0) is 42.5 Å². The fourth-order valence-electron chi connectivity index (χ4n) is 3.56. The molecule has 27 heavy (non-hydrogen) atoms. The van der Waals surface area contributed by atoms with Gasteiger partial charge in [0.25, 0.3) is 5.56 Å². The van der Waals surface area contributed by atoms with E-state index in [2.05, 4.69) is 4.98 Å². The van der Waals surface area contributed by atoms with Crippen LogP contribution >= 0.6 is 0 Å². The Bertz CT molecular complexity index is 1370. The normalized spacial score (nSPS) is 14.9. The number of fused-ring (bicyclic) bond motifs is 2. The molecule has 1 N–H and O–H groups in total. The summed E-state index contributed by atoms with van der Waals surface area (Å²) in [4.78, 5) is 15.2. The van der Waals surface area contributed by atoms with Crippen LogP contribution in [0.2, 0.25) is 0 Å². The van der Waals surface area contributed by atoms with Crippen LogP contribution in [0, 0.1) is 0 Å². The molecule has 136 valence electrons. The van der Waals surface area contributed by atoms with Gasteiger partial charge >= 0.3 is 0 Å². The third-order valence-corrected chi connectivity index (χ3v) is 6.21. The quantitative estimate of drug-likeness (QED) is 0.578. The van der Waals surface area contributed by atoms with Crippen molar-refractivity contribution in [3.63, 3.8) is 0 Å². The second kappa shape index (κ2) is 5.57. The molecule has 6 heteroatoms. The Morgan fingerprint density at radius 1 is 1.04 bits per heavy atom. The van der Waals surface area contributed by atoms with Gasteiger partial charge in [-0.2, -0.15) is 0 Å². The maximum absolute atomic E-state index is 12.2. The molecule has 0 amide bonds. The molecule has 1 aliphatic rings. The highest BCUT2D eigenvalue weighted by Gasteiger charge is 2.28. The smallest absolute Gasteiger partial charge is 0.255 e. The number of benzene rings is 2. The Morgan fingerprint density at radius 2 is 1.78 bits per heavy atom. The summed E-state index contributed by atoms with van der Waals surface area (Å²) in [7, 11) is -3.40. The first-order valence-corrected chi connectivity index (χ1v) is 10.7. The van der Waals surface area contributed by atoms with Crippen LogP contribution in [0.5, 0.6) is 0 Å². The van der Waals surface area contributed by atoms with Crippen LogP contribution < -0.4 is 5.56 Å². The van der Waals surface area contributed by atoms with Crippen LogP contribution in [0.25, 0.3) is 32.9 Å². The van der Waals surface area contributed by atoms with Gasteiger partial charge in [0.05, 0.1) is 4.90 Å². The summed E-state index contributed by atoms with van der Waals surface area (Å²) < 4.78 is 30.6. The molecular formula is C21H17NO4S. The molecule has 0 radical (unpaired) electrons. The Labute approximate surface area is 155 Å². The van der Waals surface area contributed by atoms with Crippen LogP contribution in [0.1, 0.15) is 24.5 Å². The summed E-state index contributed by atoms with van der Waals surface area (Å²) in [5.74, 6) is 1.31. The topological polar surface area (TPSA) is 80.1 Å². The van der Waals surface area contributed by atoms with Crippen LogP contribution in [-0.2, 0) is 9.84 Å². The summed E-state index contributed by atoms with van der Waals surface area (Å²) in [5, 5.41) is 2.09. The Morgan fingerprint density at radius 3 is 2.48 bits per heavy atom. The Kier molecular flexibility index (Phi) is 3.37. The molecule has 0 unspecified atom stereocenters. The molecule has 2 heterocycles. The predicted molar refractivity (Wildman–Crippen MR) is 105 cm³/mol. The van der Waals surface area contributed by atoms with E-state index >= 15 is 0 Å². The number of H-pyrrole nitrogens is 1. The molecule has 1 fully saturated rings. The van der Waals surface area contributed by atoms with Crippen LogP contribution in [0.3, 0.4) is 0 Å². The highest BCUT2D eigenvalue weighted by atomic mass is 32.2. The van der Waals surface area contributed by atoms with Crippen molar-refractivity contribution in [1.29, 1.82) is 0 Å². The lowest BCUT2D eigenvalue weighted by Crippen LogP contribution is -2.06. The third kappa shape index (κ3) is 2.68. The van der Waals surface area contributed by atoms with Crippen LogP contribution in [0.4, 0.5) is 0 Å². The zero-order valence-corrected chi connectivity index (χ0v) is 15.5. The standard InChI is InChI=1S/C21H17NO4S/c1-27(24,25)14-8-13-9-19(12-6-7-12)26-20(13)17(10-14)18-11-22-21(23)16-5-3-2-4-15(16)18/h2-5,8-12H,6-7H2,1H3,(H,22,23). The maximum atomic E-state index is 12.2. The minimum absolute atomic E-state index is 0.178. The van der Waals surface area contributed by atoms with Crippen molar-refractivity contribution in [2.45, 2.75) is 23.7 Å². The third-order valence-electron chi connectivity index (χ3n) is 5.12. The molecular weight excluding hydrogens is 362 g/mol. The van der Waals surface area contributed by atoms with E-state index in [1.807, 2.05) is 24.3 Å². The zero-order chi connectivity index (χ0) is 18.8. The molecule has 0 aliphatic heterocycles. The number of pyridine rings is 1. The van der Waals surface area contributed by atoms with Crippen molar-refractivity contribution < 1.29 is 12.8 Å². The molecule has 0 saturated heterocycles. The Hall–Kier alpha value is -2.86. The second-order valence-electron chi connectivity index (χ2n) is 7.16. The molecule has 2 aromatic heterocycles. The highest BCUT2D eigenvalue weighted by Crippen LogP contribution is 2.44. The maximum Gasteiger partial charge on any atom is 0.255 e. The van der Waals surface area contributed by atoms with Crippen molar-refractivity contribution in [3.05, 3.63) is 64.8 Å². The van der Waals surface area contributed by atoms with E-state index in [0.717, 1.165) is 34.9 Å². The van der Waals surface area contributed by atoms with E-state index in [0.29, 0.717) is 22.5 Å². The van der Waals surface area contributed by atoms with Crippen molar-refractivity contribution in [2.24, 2.45) is 0 Å². The van der Waals surface area contributed by atoms with Gasteiger partial charge in [0, 0.05) is 40.3 Å². The van der Waals surface area contributed by atoms with E-state index in [1.54, 1.807) is 24.4 Å². The minimum Gasteiger partial charge on any atom is -0.460 e. The lowest BCUT2D eigenvalue weighted by molar-refractivity contribution is 0.553. The van der Waals surface area contributed by atoms with Crippen LogP contribution in [0.15, 0.2) is 62.8 Å². The van der Waals surface area contributed by atoms with Gasteiger partial charge in [-0.15, -0.1) is 0 Å². The SMILES string of the molecule is CS(=O)(=O)c1cc(-c2c[nH]c(=O)c3ccccc23)c2oc(C3CC3)cc2c1. The number of nitrogens with one attached hydrogen (secondary N) is 1. The number of hydrogen-bond donors (Lipinski definition) is 1. The number of aromatic nitrogens is 1. The van der Waals surface area contributed by atoms with Crippen molar-refractivity contribution >= 4 is 31.6 Å². The lowest BCUT2D eigenvalue weighted by Gasteiger charge is -2.09. The molecule has 0 atom stereocenters. The first-order chi connectivity index (χ1) is 12.9. The molecule has 5 nitrogen and oxygen atoms in total. The first kappa shape index (κ1) is 16.3. The summed E-state index contributed by atoms with van der Waals surface area (Å²) in [6.07, 6.45) is 5.01. The minimum atomic E-state index is -3.40. The number of hydrogen-bond acceptors (Lipinski definition) is 4. The molecule has 1 aliphatic carbocycles. The van der Waals surface area contributed by atoms with E-state index in [-0.39, 0.29) is 10.5 Å². The van der Waals surface area contributed by atoms with E-state index in [1.165, 1.54) is 6.26 Å². The van der Waals surface area contributed by atoms with E-state index < -0.39 is 9.84 Å². The molecule has 2 aromatic carbocycles. The summed E-state index contributed by atoms with van der Waals surface area (Å²) in [5.41, 5.74) is 1.90. The Balaban J connectivity index is 1.90. The number of furan rings is 1. The molecule has 0 bridgehead atoms. The van der Waals surface area contributed by atoms with Gasteiger partial charge in [-0.3, -0.25) is 4.79 Å². The van der Waals surface area contributed by atoms with Crippen molar-refractivity contribution in [1.82, 2.24) is 4.98 Å². The monoisotopic (exact) mass is 379 g/mol. The zero-order valence-electron chi connectivity index (χ0n) is 14.7. The van der Waals surface area contributed by atoms with Crippen molar-refractivity contribution in [3.8, 4) is 11.1 Å². The van der Waals surface area contributed by atoms with Gasteiger partial charge < -0.3 is 9.40 Å².